The largest absolute Gasteiger partial charge is 0.481 e. The Bertz CT molecular complexity index is 362. The van der Waals surface area contributed by atoms with Crippen molar-refractivity contribution in [1.82, 2.24) is 0 Å². The van der Waals surface area contributed by atoms with Gasteiger partial charge in [-0.25, -0.2) is 0 Å². The van der Waals surface area contributed by atoms with Crippen molar-refractivity contribution in [3.05, 3.63) is 0 Å². The molecule has 4 N–H and O–H groups in total. The van der Waals surface area contributed by atoms with Gasteiger partial charge in [0.2, 0.25) is 0 Å². The molecule has 2 unspecified atom stereocenters. The lowest BCUT2D eigenvalue weighted by atomic mass is 10.3. The zero-order chi connectivity index (χ0) is 16.4. The summed E-state index contributed by atoms with van der Waals surface area (Å²) < 4.78 is 0. The van der Waals surface area contributed by atoms with E-state index in [0.29, 0.717) is 17.9 Å². The molecule has 0 aromatic rings. The Morgan fingerprint density at radius 3 is 1.29 bits per heavy atom. The first-order valence-electron chi connectivity index (χ1n) is 5.86. The highest BCUT2D eigenvalue weighted by Gasteiger charge is 2.22. The third kappa shape index (κ3) is 10.0. The summed E-state index contributed by atoms with van der Waals surface area (Å²) in [5.74, 6) is -4.09. The van der Waals surface area contributed by atoms with Crippen LogP contribution in [0.3, 0.4) is 0 Å². The highest BCUT2D eigenvalue weighted by Crippen LogP contribution is 2.20. The minimum absolute atomic E-state index is 0.358. The van der Waals surface area contributed by atoms with Crippen LogP contribution in [-0.2, 0) is 19.2 Å². The van der Waals surface area contributed by atoms with E-state index in [2.05, 4.69) is 0 Å². The Morgan fingerprint density at radius 1 is 0.714 bits per heavy atom. The second kappa shape index (κ2) is 10.3. The summed E-state index contributed by atoms with van der Waals surface area (Å²) in [6, 6.07) is 0. The Hall–Kier alpha value is -1.42. The van der Waals surface area contributed by atoms with Crippen molar-refractivity contribution in [3.8, 4) is 0 Å². The first kappa shape index (κ1) is 19.6. The Balaban J connectivity index is 4.01. The molecule has 120 valence electrons. The van der Waals surface area contributed by atoms with Gasteiger partial charge in [-0.2, -0.15) is 0 Å². The molecule has 0 aromatic heterocycles. The van der Waals surface area contributed by atoms with Crippen LogP contribution in [0.5, 0.6) is 0 Å². The van der Waals surface area contributed by atoms with Crippen LogP contribution in [0.15, 0.2) is 0 Å². The molecule has 0 saturated heterocycles. The normalized spacial score (nSPS) is 13.3. The quantitative estimate of drug-likeness (QED) is 0.374. The Kier molecular flexibility index (Phi) is 9.63. The monoisotopic (exact) mass is 340 g/mol. The van der Waals surface area contributed by atoms with Crippen LogP contribution in [0, 0.1) is 0 Å². The molecule has 0 aliphatic carbocycles. The van der Waals surface area contributed by atoms with Gasteiger partial charge in [0.25, 0.3) is 0 Å². The van der Waals surface area contributed by atoms with Crippen molar-refractivity contribution in [2.75, 3.05) is 11.5 Å². The number of thioether (sulfide) groups is 2. The minimum atomic E-state index is -1.20. The Labute approximate surface area is 128 Å². The zero-order valence-corrected chi connectivity index (χ0v) is 12.6. The highest BCUT2D eigenvalue weighted by atomic mass is 32.2. The predicted molar refractivity (Wildman–Crippen MR) is 76.9 cm³/mol. The fraction of sp³-hybridized carbons (Fsp3) is 0.636. The maximum Gasteiger partial charge on any atom is 0.317 e. The Morgan fingerprint density at radius 2 is 1.05 bits per heavy atom. The van der Waals surface area contributed by atoms with E-state index in [9.17, 15) is 19.2 Å². The maximum atomic E-state index is 10.8. The number of hydrogen-bond acceptors (Lipinski definition) is 6. The van der Waals surface area contributed by atoms with E-state index in [1.165, 1.54) is 0 Å². The number of carboxylic acid groups (broad SMARTS) is 4. The van der Waals surface area contributed by atoms with Gasteiger partial charge in [-0.05, 0) is 17.9 Å². The molecule has 0 radical (unpaired) electrons. The summed E-state index contributed by atoms with van der Waals surface area (Å²) >= 11 is 1.95. The van der Waals surface area contributed by atoms with Crippen LogP contribution in [0.2, 0.25) is 0 Å². The fourth-order valence-corrected chi connectivity index (χ4v) is 3.44. The standard InChI is InChI=1S/C11H16O8S2/c12-8(13)4-6(10(16)17)20-2-1-3-21-7(11(18)19)5-9(14)15/h6-7H,1-5H2,(H,12,13)(H,14,15)(H,16,17)(H,18,19). The summed E-state index contributed by atoms with van der Waals surface area (Å²) in [6.45, 7) is 0. The van der Waals surface area contributed by atoms with Crippen molar-refractivity contribution in [1.29, 1.82) is 0 Å². The predicted octanol–water partition coefficient (Wildman–Crippen LogP) is 0.699. The summed E-state index contributed by atoms with van der Waals surface area (Å²) in [7, 11) is 0. The van der Waals surface area contributed by atoms with Crippen LogP contribution in [0.4, 0.5) is 0 Å². The average molecular weight is 340 g/mol. The van der Waals surface area contributed by atoms with Gasteiger partial charge in [-0.3, -0.25) is 19.2 Å². The van der Waals surface area contributed by atoms with E-state index in [0.717, 1.165) is 23.5 Å². The van der Waals surface area contributed by atoms with Crippen LogP contribution in [0.25, 0.3) is 0 Å². The number of aliphatic carboxylic acids is 4. The molecule has 8 nitrogen and oxygen atoms in total. The van der Waals surface area contributed by atoms with Gasteiger partial charge < -0.3 is 20.4 Å². The molecule has 0 spiro atoms. The van der Waals surface area contributed by atoms with Crippen molar-refractivity contribution in [2.24, 2.45) is 0 Å². The lowest BCUT2D eigenvalue weighted by Crippen LogP contribution is -2.21. The van der Waals surface area contributed by atoms with Gasteiger partial charge in [0, 0.05) is 0 Å². The zero-order valence-electron chi connectivity index (χ0n) is 10.9. The molecular formula is C11H16O8S2. The molecule has 0 saturated carbocycles. The minimum Gasteiger partial charge on any atom is -0.481 e. The lowest BCUT2D eigenvalue weighted by molar-refractivity contribution is -0.142. The molecule has 10 heteroatoms. The van der Waals surface area contributed by atoms with E-state index in [-0.39, 0.29) is 0 Å². The van der Waals surface area contributed by atoms with E-state index >= 15 is 0 Å². The molecule has 0 heterocycles. The first-order chi connectivity index (χ1) is 9.73. The summed E-state index contributed by atoms with van der Waals surface area (Å²) in [5.41, 5.74) is 0. The number of hydrogen-bond donors (Lipinski definition) is 4. The van der Waals surface area contributed by atoms with E-state index in [4.69, 9.17) is 20.4 Å². The van der Waals surface area contributed by atoms with Crippen LogP contribution in [0.1, 0.15) is 19.3 Å². The molecule has 21 heavy (non-hydrogen) atoms. The van der Waals surface area contributed by atoms with E-state index in [1.54, 1.807) is 0 Å². The third-order valence-corrected chi connectivity index (χ3v) is 4.79. The van der Waals surface area contributed by atoms with E-state index in [1.807, 2.05) is 0 Å². The van der Waals surface area contributed by atoms with Crippen molar-refractivity contribution < 1.29 is 39.6 Å². The van der Waals surface area contributed by atoms with Crippen molar-refractivity contribution in [2.45, 2.75) is 29.8 Å². The van der Waals surface area contributed by atoms with Gasteiger partial charge in [-0.15, -0.1) is 23.5 Å². The van der Waals surface area contributed by atoms with Crippen molar-refractivity contribution >= 4 is 47.4 Å². The van der Waals surface area contributed by atoms with Crippen LogP contribution < -0.4 is 0 Å². The smallest absolute Gasteiger partial charge is 0.317 e. The van der Waals surface area contributed by atoms with Crippen LogP contribution >= 0.6 is 23.5 Å². The van der Waals surface area contributed by atoms with Gasteiger partial charge in [0.05, 0.1) is 12.8 Å². The van der Waals surface area contributed by atoms with Gasteiger partial charge in [0.1, 0.15) is 10.5 Å². The first-order valence-corrected chi connectivity index (χ1v) is 7.96. The SMILES string of the molecule is O=C(O)CC(SCCCSC(CC(=O)O)C(=O)O)C(=O)O. The number of carbonyl (C=O) groups is 4. The van der Waals surface area contributed by atoms with Crippen LogP contribution in [-0.4, -0.2) is 66.3 Å². The average Bonchev–Trinajstić information content (AvgIpc) is 2.34. The topological polar surface area (TPSA) is 149 Å². The van der Waals surface area contributed by atoms with E-state index < -0.39 is 47.2 Å². The van der Waals surface area contributed by atoms with Gasteiger partial charge in [-0.1, -0.05) is 0 Å². The van der Waals surface area contributed by atoms with Gasteiger partial charge >= 0.3 is 23.9 Å². The van der Waals surface area contributed by atoms with Crippen molar-refractivity contribution in [3.63, 3.8) is 0 Å². The summed E-state index contributed by atoms with van der Waals surface area (Å²) in [4.78, 5) is 42.5. The molecule has 2 atom stereocenters. The molecule has 0 aliphatic rings. The highest BCUT2D eigenvalue weighted by molar-refractivity contribution is 8.01. The second-order valence-electron chi connectivity index (χ2n) is 3.94. The maximum absolute atomic E-state index is 10.8. The molecular weight excluding hydrogens is 324 g/mol. The molecule has 0 fully saturated rings. The molecule has 0 rings (SSSR count). The molecule has 0 amide bonds. The fourth-order valence-electron chi connectivity index (χ4n) is 1.26. The number of rotatable bonds is 12. The van der Waals surface area contributed by atoms with Gasteiger partial charge in [0.15, 0.2) is 0 Å². The second-order valence-corrected chi connectivity index (χ2v) is 6.57. The lowest BCUT2D eigenvalue weighted by Gasteiger charge is -2.11. The number of carboxylic acids is 4. The molecule has 0 aliphatic heterocycles. The molecule has 0 bridgehead atoms. The molecule has 0 aromatic carbocycles. The summed E-state index contributed by atoms with van der Waals surface area (Å²) in [6.07, 6.45) is -0.504. The third-order valence-electron chi connectivity index (χ3n) is 2.20. The summed E-state index contributed by atoms with van der Waals surface area (Å²) in [5, 5.41) is 32.6.